The van der Waals surface area contributed by atoms with Crippen LogP contribution in [-0.2, 0) is 6.42 Å². The topological polar surface area (TPSA) is 57.5 Å². The Morgan fingerprint density at radius 3 is 2.50 bits per heavy atom. The van der Waals surface area contributed by atoms with Crippen LogP contribution in [0.3, 0.4) is 0 Å². The van der Waals surface area contributed by atoms with Crippen molar-refractivity contribution in [3.8, 4) is 11.5 Å². The van der Waals surface area contributed by atoms with Crippen LogP contribution in [0.1, 0.15) is 93.5 Å². The minimum absolute atomic E-state index is 0.0144. The lowest BCUT2D eigenvalue weighted by molar-refractivity contribution is 0.0967. The normalized spacial score (nSPS) is 20.0. The number of phenols is 2. The molecule has 1 aromatic carbocycles. The van der Waals surface area contributed by atoms with Crippen molar-refractivity contribution < 1.29 is 15.0 Å². The van der Waals surface area contributed by atoms with Crippen LogP contribution < -0.4 is 0 Å². The molecule has 1 unspecified atom stereocenters. The van der Waals surface area contributed by atoms with E-state index in [1.54, 1.807) is 0 Å². The van der Waals surface area contributed by atoms with Crippen LogP contribution in [0.2, 0.25) is 0 Å². The summed E-state index contributed by atoms with van der Waals surface area (Å²) in [6.07, 6.45) is 12.7. The second-order valence-electron chi connectivity index (χ2n) is 7.23. The molecular weight excluding hydrogens is 300 g/mol. The lowest BCUT2D eigenvalue weighted by Gasteiger charge is -2.19. The molecule has 0 saturated carbocycles. The molecule has 24 heavy (non-hydrogen) atoms. The van der Waals surface area contributed by atoms with Crippen molar-refractivity contribution in [2.75, 3.05) is 0 Å². The van der Waals surface area contributed by atoms with E-state index in [1.165, 1.54) is 57.1 Å². The first-order valence-electron chi connectivity index (χ1n) is 9.70. The van der Waals surface area contributed by atoms with E-state index in [2.05, 4.69) is 6.92 Å². The summed E-state index contributed by atoms with van der Waals surface area (Å²) in [5.41, 5.74) is 1.01. The molecule has 1 aromatic rings. The molecule has 0 spiro atoms. The third-order valence-corrected chi connectivity index (χ3v) is 5.33. The number of hydrogen-bond acceptors (Lipinski definition) is 3. The predicted octanol–water partition coefficient (Wildman–Crippen LogP) is 5.76. The third kappa shape index (κ3) is 5.25. The second kappa shape index (κ2) is 9.71. The van der Waals surface area contributed by atoms with Gasteiger partial charge in [0.15, 0.2) is 5.78 Å². The van der Waals surface area contributed by atoms with E-state index in [-0.39, 0.29) is 17.3 Å². The highest BCUT2D eigenvalue weighted by atomic mass is 16.3. The highest BCUT2D eigenvalue weighted by Gasteiger charge is 2.21. The van der Waals surface area contributed by atoms with Gasteiger partial charge in [-0.1, -0.05) is 58.3 Å². The van der Waals surface area contributed by atoms with Crippen LogP contribution in [0.15, 0.2) is 12.1 Å². The maximum absolute atomic E-state index is 12.7. The molecule has 0 aliphatic heterocycles. The number of carbonyl (C=O) groups is 1. The minimum Gasteiger partial charge on any atom is -0.508 e. The first-order chi connectivity index (χ1) is 11.6. The van der Waals surface area contributed by atoms with Crippen LogP contribution in [0, 0.1) is 5.92 Å². The van der Waals surface area contributed by atoms with E-state index in [0.717, 1.165) is 19.3 Å². The molecule has 1 aliphatic carbocycles. The number of unbranched alkanes of at least 4 members (excludes halogenated alkanes) is 2. The molecule has 0 radical (unpaired) electrons. The van der Waals surface area contributed by atoms with Crippen LogP contribution in [0.4, 0.5) is 0 Å². The SMILES string of the molecule is CCCCCC1CCCCCCc2c(O)ccc(O)c2C(=O)CC1. The number of hydrogen-bond donors (Lipinski definition) is 2. The van der Waals surface area contributed by atoms with Gasteiger partial charge in [-0.3, -0.25) is 4.79 Å². The summed E-state index contributed by atoms with van der Waals surface area (Å²) in [6.45, 7) is 2.22. The molecular formula is C21H32O3. The van der Waals surface area contributed by atoms with Crippen molar-refractivity contribution in [1.82, 2.24) is 0 Å². The maximum Gasteiger partial charge on any atom is 0.167 e. The van der Waals surface area contributed by atoms with Crippen molar-refractivity contribution in [3.63, 3.8) is 0 Å². The van der Waals surface area contributed by atoms with Gasteiger partial charge in [0.2, 0.25) is 0 Å². The van der Waals surface area contributed by atoms with E-state index in [0.29, 0.717) is 29.9 Å². The number of fused-ring (bicyclic) bond motifs is 1. The van der Waals surface area contributed by atoms with Gasteiger partial charge < -0.3 is 10.2 Å². The molecule has 1 aliphatic rings. The standard InChI is InChI=1S/C21H32O3/c1-2-3-6-9-16-10-7-4-5-8-11-17-18(22)14-15-20(24)21(17)19(23)13-12-16/h14-16,22,24H,2-13H2,1H3. The molecule has 0 heterocycles. The van der Waals surface area contributed by atoms with Crippen LogP contribution >= 0.6 is 0 Å². The average molecular weight is 332 g/mol. The molecule has 0 saturated heterocycles. The number of aromatic hydroxyl groups is 2. The largest absolute Gasteiger partial charge is 0.508 e. The Morgan fingerprint density at radius 2 is 1.71 bits per heavy atom. The highest BCUT2D eigenvalue weighted by molar-refractivity contribution is 6.00. The Labute approximate surface area is 146 Å². The molecule has 0 bridgehead atoms. The summed E-state index contributed by atoms with van der Waals surface area (Å²) in [4.78, 5) is 12.7. The van der Waals surface area contributed by atoms with Gasteiger partial charge >= 0.3 is 0 Å². The third-order valence-electron chi connectivity index (χ3n) is 5.33. The van der Waals surface area contributed by atoms with Crippen molar-refractivity contribution in [2.24, 2.45) is 5.92 Å². The number of benzene rings is 1. The molecule has 0 aromatic heterocycles. The summed E-state index contributed by atoms with van der Waals surface area (Å²) in [5, 5.41) is 20.3. The van der Waals surface area contributed by atoms with Crippen molar-refractivity contribution >= 4 is 5.78 Å². The Balaban J connectivity index is 2.14. The smallest absolute Gasteiger partial charge is 0.167 e. The van der Waals surface area contributed by atoms with Gasteiger partial charge in [-0.05, 0) is 37.3 Å². The van der Waals surface area contributed by atoms with Gasteiger partial charge in [0.25, 0.3) is 0 Å². The number of Topliss-reactive ketones (excluding diaryl/α,β-unsaturated/α-hetero) is 1. The fourth-order valence-corrected chi connectivity index (χ4v) is 3.85. The molecule has 1 atom stereocenters. The minimum atomic E-state index is -0.0144. The van der Waals surface area contributed by atoms with Gasteiger partial charge in [-0.15, -0.1) is 0 Å². The lowest BCUT2D eigenvalue weighted by atomic mass is 9.86. The number of carbonyl (C=O) groups excluding carboxylic acids is 1. The fourth-order valence-electron chi connectivity index (χ4n) is 3.85. The zero-order valence-corrected chi connectivity index (χ0v) is 15.0. The fraction of sp³-hybridized carbons (Fsp3) is 0.667. The van der Waals surface area contributed by atoms with Gasteiger partial charge in [0.05, 0.1) is 5.56 Å². The Hall–Kier alpha value is -1.51. The molecule has 0 fully saturated rings. The summed E-state index contributed by atoms with van der Waals surface area (Å²) < 4.78 is 0. The first-order valence-corrected chi connectivity index (χ1v) is 9.70. The molecule has 0 amide bonds. The first kappa shape index (κ1) is 18.8. The van der Waals surface area contributed by atoms with E-state index in [4.69, 9.17) is 0 Å². The molecule has 3 nitrogen and oxygen atoms in total. The maximum atomic E-state index is 12.7. The van der Waals surface area contributed by atoms with E-state index in [1.807, 2.05) is 0 Å². The Kier molecular flexibility index (Phi) is 7.61. The van der Waals surface area contributed by atoms with Gasteiger partial charge in [-0.25, -0.2) is 0 Å². The average Bonchev–Trinajstić information content (AvgIpc) is 2.56. The van der Waals surface area contributed by atoms with E-state index in [9.17, 15) is 15.0 Å². The summed E-state index contributed by atoms with van der Waals surface area (Å²) >= 11 is 0. The monoisotopic (exact) mass is 332 g/mol. The number of ketones is 1. The quantitative estimate of drug-likeness (QED) is 0.544. The molecule has 2 rings (SSSR count). The summed E-state index contributed by atoms with van der Waals surface area (Å²) in [6, 6.07) is 2.94. The van der Waals surface area contributed by atoms with Crippen LogP contribution in [-0.4, -0.2) is 16.0 Å². The number of rotatable bonds is 4. The predicted molar refractivity (Wildman–Crippen MR) is 97.8 cm³/mol. The van der Waals surface area contributed by atoms with Gasteiger partial charge in [0, 0.05) is 12.0 Å². The van der Waals surface area contributed by atoms with E-state index >= 15 is 0 Å². The van der Waals surface area contributed by atoms with E-state index < -0.39 is 0 Å². The molecule has 2 N–H and O–H groups in total. The number of phenolic OH excluding ortho intramolecular Hbond substituents is 2. The summed E-state index contributed by atoms with van der Waals surface area (Å²) in [7, 11) is 0. The Morgan fingerprint density at radius 1 is 0.958 bits per heavy atom. The van der Waals surface area contributed by atoms with Crippen molar-refractivity contribution in [3.05, 3.63) is 23.3 Å². The van der Waals surface area contributed by atoms with Crippen molar-refractivity contribution in [2.45, 2.75) is 84.0 Å². The zero-order chi connectivity index (χ0) is 17.4. The van der Waals surface area contributed by atoms with Crippen LogP contribution in [0.25, 0.3) is 0 Å². The molecule has 3 heteroatoms. The van der Waals surface area contributed by atoms with Crippen molar-refractivity contribution in [1.29, 1.82) is 0 Å². The van der Waals surface area contributed by atoms with Gasteiger partial charge in [-0.2, -0.15) is 0 Å². The Bertz CT molecular complexity index is 536. The zero-order valence-electron chi connectivity index (χ0n) is 15.0. The summed E-state index contributed by atoms with van der Waals surface area (Å²) in [5.74, 6) is 0.766. The van der Waals surface area contributed by atoms with Gasteiger partial charge in [0.1, 0.15) is 11.5 Å². The van der Waals surface area contributed by atoms with Crippen LogP contribution in [0.5, 0.6) is 11.5 Å². The second-order valence-corrected chi connectivity index (χ2v) is 7.23. The molecule has 134 valence electrons. The lowest BCUT2D eigenvalue weighted by Crippen LogP contribution is -2.10. The highest BCUT2D eigenvalue weighted by Crippen LogP contribution is 2.33.